The first-order chi connectivity index (χ1) is 11.2. The molecule has 1 aliphatic rings. The summed E-state index contributed by atoms with van der Waals surface area (Å²) in [5.41, 5.74) is 1.41. The minimum atomic E-state index is -0.0393. The van der Waals surface area contributed by atoms with Crippen molar-refractivity contribution in [2.24, 2.45) is 0 Å². The Morgan fingerprint density at radius 3 is 2.43 bits per heavy atom. The van der Waals surface area contributed by atoms with Gasteiger partial charge in [-0.15, -0.1) is 11.3 Å². The summed E-state index contributed by atoms with van der Waals surface area (Å²) in [5.74, 6) is 0.0451. The maximum Gasteiger partial charge on any atom is 0.253 e. The van der Waals surface area contributed by atoms with Crippen molar-refractivity contribution in [2.75, 3.05) is 18.4 Å². The zero-order valence-electron chi connectivity index (χ0n) is 13.0. The van der Waals surface area contributed by atoms with Gasteiger partial charge in [-0.05, 0) is 55.0 Å². The third-order valence-electron chi connectivity index (χ3n) is 3.97. The molecule has 5 heteroatoms. The topological polar surface area (TPSA) is 49.4 Å². The van der Waals surface area contributed by atoms with Crippen LogP contribution in [0, 0.1) is 0 Å². The molecule has 0 aliphatic carbocycles. The van der Waals surface area contributed by atoms with Gasteiger partial charge in [-0.3, -0.25) is 9.59 Å². The van der Waals surface area contributed by atoms with Crippen molar-refractivity contribution < 1.29 is 9.59 Å². The number of hydrogen-bond donors (Lipinski definition) is 1. The van der Waals surface area contributed by atoms with Gasteiger partial charge in [0.2, 0.25) is 5.91 Å². The van der Waals surface area contributed by atoms with Crippen molar-refractivity contribution in [3.05, 3.63) is 52.2 Å². The molecule has 2 amide bonds. The van der Waals surface area contributed by atoms with Gasteiger partial charge in [-0.25, -0.2) is 0 Å². The number of benzene rings is 1. The summed E-state index contributed by atoms with van der Waals surface area (Å²) in [5, 5.41) is 4.83. The lowest BCUT2D eigenvalue weighted by Gasteiger charge is -2.26. The van der Waals surface area contributed by atoms with Crippen molar-refractivity contribution in [1.29, 1.82) is 0 Å². The molecule has 0 unspecified atom stereocenters. The second-order valence-corrected chi connectivity index (χ2v) is 6.77. The molecule has 23 heavy (non-hydrogen) atoms. The number of likely N-dealkylation sites (tertiary alicyclic amines) is 1. The smallest absolute Gasteiger partial charge is 0.253 e. The van der Waals surface area contributed by atoms with E-state index >= 15 is 0 Å². The molecule has 1 fully saturated rings. The number of hydrogen-bond acceptors (Lipinski definition) is 3. The van der Waals surface area contributed by atoms with Crippen LogP contribution in [0.15, 0.2) is 41.8 Å². The van der Waals surface area contributed by atoms with Crippen LogP contribution in [-0.4, -0.2) is 29.8 Å². The number of anilines is 1. The summed E-state index contributed by atoms with van der Waals surface area (Å²) in [4.78, 5) is 27.3. The first-order valence-corrected chi connectivity index (χ1v) is 8.82. The van der Waals surface area contributed by atoms with Crippen molar-refractivity contribution in [1.82, 2.24) is 4.90 Å². The standard InChI is InChI=1S/C18H20N2O2S/c21-17(13-16-5-4-12-23-16)19-15-8-6-14(7-9-15)18(22)20-10-2-1-3-11-20/h4-9,12H,1-3,10-11,13H2,(H,19,21). The Balaban J connectivity index is 1.58. The van der Waals surface area contributed by atoms with E-state index in [1.54, 1.807) is 35.6 Å². The molecule has 2 heterocycles. The van der Waals surface area contributed by atoms with Crippen LogP contribution in [0.2, 0.25) is 0 Å². The fraction of sp³-hybridized carbons (Fsp3) is 0.333. The highest BCUT2D eigenvalue weighted by Crippen LogP contribution is 2.16. The number of nitrogens with one attached hydrogen (secondary N) is 1. The third-order valence-corrected chi connectivity index (χ3v) is 4.85. The average molecular weight is 328 g/mol. The van der Waals surface area contributed by atoms with E-state index in [-0.39, 0.29) is 11.8 Å². The number of carbonyl (C=O) groups excluding carboxylic acids is 2. The Bertz CT molecular complexity index is 659. The largest absolute Gasteiger partial charge is 0.339 e. The number of nitrogens with zero attached hydrogens (tertiary/aromatic N) is 1. The maximum absolute atomic E-state index is 12.4. The molecule has 120 valence electrons. The van der Waals surface area contributed by atoms with Gasteiger partial charge in [0.25, 0.3) is 5.91 Å². The highest BCUT2D eigenvalue weighted by Gasteiger charge is 2.17. The minimum absolute atomic E-state index is 0.0393. The van der Waals surface area contributed by atoms with E-state index in [1.165, 1.54) is 6.42 Å². The summed E-state index contributed by atoms with van der Waals surface area (Å²) in [6, 6.07) is 11.1. The van der Waals surface area contributed by atoms with Gasteiger partial charge in [0.05, 0.1) is 6.42 Å². The summed E-state index contributed by atoms with van der Waals surface area (Å²) >= 11 is 1.57. The first-order valence-electron chi connectivity index (χ1n) is 7.94. The molecular weight excluding hydrogens is 308 g/mol. The number of rotatable bonds is 4. The molecule has 1 aromatic heterocycles. The Kier molecular flexibility index (Phi) is 5.08. The van der Waals surface area contributed by atoms with Gasteiger partial charge < -0.3 is 10.2 Å². The Morgan fingerprint density at radius 2 is 1.78 bits per heavy atom. The van der Waals surface area contributed by atoms with Gasteiger partial charge in [-0.1, -0.05) is 6.07 Å². The van der Waals surface area contributed by atoms with Crippen molar-refractivity contribution >= 4 is 28.8 Å². The molecule has 3 rings (SSSR count). The number of amides is 2. The third kappa shape index (κ3) is 4.20. The molecule has 1 saturated heterocycles. The van der Waals surface area contributed by atoms with Gasteiger partial charge in [-0.2, -0.15) is 0 Å². The van der Waals surface area contributed by atoms with E-state index < -0.39 is 0 Å². The molecule has 1 aromatic carbocycles. The quantitative estimate of drug-likeness (QED) is 0.933. The summed E-state index contributed by atoms with van der Waals surface area (Å²) in [6.07, 6.45) is 3.76. The number of thiophene rings is 1. The minimum Gasteiger partial charge on any atom is -0.339 e. The highest BCUT2D eigenvalue weighted by molar-refractivity contribution is 7.10. The SMILES string of the molecule is O=C(Cc1cccs1)Nc1ccc(C(=O)N2CCCCC2)cc1. The lowest BCUT2D eigenvalue weighted by Crippen LogP contribution is -2.35. The van der Waals surface area contributed by atoms with E-state index in [9.17, 15) is 9.59 Å². The normalized spacial score (nSPS) is 14.5. The van der Waals surface area contributed by atoms with Gasteiger partial charge >= 0.3 is 0 Å². The number of carbonyl (C=O) groups is 2. The predicted octanol–water partition coefficient (Wildman–Crippen LogP) is 3.56. The Hall–Kier alpha value is -2.14. The second kappa shape index (κ2) is 7.42. The van der Waals surface area contributed by atoms with E-state index in [0.717, 1.165) is 36.5 Å². The lowest BCUT2D eigenvalue weighted by molar-refractivity contribution is -0.115. The van der Waals surface area contributed by atoms with Crippen LogP contribution < -0.4 is 5.32 Å². The molecule has 0 atom stereocenters. The van der Waals surface area contributed by atoms with Crippen molar-refractivity contribution in [3.63, 3.8) is 0 Å². The van der Waals surface area contributed by atoms with Crippen molar-refractivity contribution in [2.45, 2.75) is 25.7 Å². The van der Waals surface area contributed by atoms with Gasteiger partial charge in [0.15, 0.2) is 0 Å². The monoisotopic (exact) mass is 328 g/mol. The lowest BCUT2D eigenvalue weighted by atomic mass is 10.1. The molecule has 4 nitrogen and oxygen atoms in total. The first kappa shape index (κ1) is 15.7. The molecule has 1 aliphatic heterocycles. The zero-order chi connectivity index (χ0) is 16.1. The molecule has 0 saturated carbocycles. The van der Waals surface area contributed by atoms with Crippen LogP contribution in [0.25, 0.3) is 0 Å². The zero-order valence-corrected chi connectivity index (χ0v) is 13.8. The Labute approximate surface area is 140 Å². The number of piperidine rings is 1. The summed E-state index contributed by atoms with van der Waals surface area (Å²) < 4.78 is 0. The molecule has 1 N–H and O–H groups in total. The molecule has 0 spiro atoms. The van der Waals surface area contributed by atoms with Crippen molar-refractivity contribution in [3.8, 4) is 0 Å². The van der Waals surface area contributed by atoms with Crippen LogP contribution in [0.3, 0.4) is 0 Å². The summed E-state index contributed by atoms with van der Waals surface area (Å²) in [6.45, 7) is 1.69. The second-order valence-electron chi connectivity index (χ2n) is 5.73. The van der Waals surface area contributed by atoms with Crippen LogP contribution in [0.1, 0.15) is 34.5 Å². The molecule has 0 bridgehead atoms. The van der Waals surface area contributed by atoms with Gasteiger partial charge in [0.1, 0.15) is 0 Å². The van der Waals surface area contributed by atoms with E-state index in [4.69, 9.17) is 0 Å². The molecule has 2 aromatic rings. The van der Waals surface area contributed by atoms with Crippen LogP contribution in [-0.2, 0) is 11.2 Å². The average Bonchev–Trinajstić information content (AvgIpc) is 3.08. The van der Waals surface area contributed by atoms with E-state index in [1.807, 2.05) is 22.4 Å². The van der Waals surface area contributed by atoms with E-state index in [0.29, 0.717) is 12.0 Å². The van der Waals surface area contributed by atoms with Crippen LogP contribution >= 0.6 is 11.3 Å². The fourth-order valence-electron chi connectivity index (χ4n) is 2.75. The predicted molar refractivity (Wildman–Crippen MR) is 92.8 cm³/mol. The highest BCUT2D eigenvalue weighted by atomic mass is 32.1. The van der Waals surface area contributed by atoms with Crippen LogP contribution in [0.5, 0.6) is 0 Å². The van der Waals surface area contributed by atoms with Crippen LogP contribution in [0.4, 0.5) is 5.69 Å². The van der Waals surface area contributed by atoms with E-state index in [2.05, 4.69) is 5.32 Å². The Morgan fingerprint density at radius 1 is 1.04 bits per heavy atom. The maximum atomic E-state index is 12.4. The summed E-state index contributed by atoms with van der Waals surface area (Å²) in [7, 11) is 0. The molecule has 0 radical (unpaired) electrons. The van der Waals surface area contributed by atoms with Gasteiger partial charge in [0, 0.05) is 29.2 Å². The molecular formula is C18H20N2O2S. The fourth-order valence-corrected chi connectivity index (χ4v) is 3.46.